The summed E-state index contributed by atoms with van der Waals surface area (Å²) in [5.41, 5.74) is 5.65. The first-order chi connectivity index (χ1) is 11.0. The Balaban J connectivity index is 2.08. The molecule has 2 heterocycles. The second-order valence-corrected chi connectivity index (χ2v) is 6.38. The highest BCUT2D eigenvalue weighted by Gasteiger charge is 2.20. The largest absolute Gasteiger partial charge is 0.368 e. The number of amides is 2. The number of thiophene rings is 1. The minimum absolute atomic E-state index is 0.107. The molecular formula is C15H13N3O3S2. The van der Waals surface area contributed by atoms with Gasteiger partial charge in [0.1, 0.15) is 6.04 Å². The molecule has 0 spiro atoms. The maximum Gasteiger partial charge on any atom is 0.262 e. The van der Waals surface area contributed by atoms with Crippen LogP contribution in [0.15, 0.2) is 35.1 Å². The monoisotopic (exact) mass is 347 g/mol. The van der Waals surface area contributed by atoms with Gasteiger partial charge in [-0.1, -0.05) is 18.2 Å². The lowest BCUT2D eigenvalue weighted by molar-refractivity contribution is -0.119. The van der Waals surface area contributed by atoms with E-state index in [4.69, 9.17) is 5.73 Å². The Bertz CT molecular complexity index is 977. The molecule has 0 fully saturated rings. The lowest BCUT2D eigenvalue weighted by Crippen LogP contribution is -2.45. The SMILES string of the molecule is NC(=O)C(CS)NC(=O)c1cc2c(=O)[nH]c3ccccc3c2s1. The fraction of sp³-hybridized carbons (Fsp3) is 0.133. The molecule has 3 rings (SSSR count). The van der Waals surface area contributed by atoms with Crippen molar-refractivity contribution in [1.82, 2.24) is 10.3 Å². The van der Waals surface area contributed by atoms with Gasteiger partial charge in [0.05, 0.1) is 10.3 Å². The zero-order chi connectivity index (χ0) is 16.6. The van der Waals surface area contributed by atoms with Gasteiger partial charge in [0.25, 0.3) is 11.5 Å². The van der Waals surface area contributed by atoms with Crippen molar-refractivity contribution in [3.63, 3.8) is 0 Å². The van der Waals surface area contributed by atoms with E-state index in [-0.39, 0.29) is 11.3 Å². The van der Waals surface area contributed by atoms with Crippen LogP contribution in [0.3, 0.4) is 0 Å². The van der Waals surface area contributed by atoms with Crippen LogP contribution in [-0.2, 0) is 4.79 Å². The van der Waals surface area contributed by atoms with Crippen LogP contribution in [0, 0.1) is 0 Å². The van der Waals surface area contributed by atoms with Crippen molar-refractivity contribution in [2.75, 3.05) is 5.75 Å². The average Bonchev–Trinajstić information content (AvgIpc) is 2.98. The van der Waals surface area contributed by atoms with Crippen LogP contribution < -0.4 is 16.6 Å². The third-order valence-electron chi connectivity index (χ3n) is 3.45. The van der Waals surface area contributed by atoms with Crippen LogP contribution in [-0.4, -0.2) is 28.6 Å². The van der Waals surface area contributed by atoms with Gasteiger partial charge in [0.15, 0.2) is 0 Å². The van der Waals surface area contributed by atoms with E-state index in [9.17, 15) is 14.4 Å². The summed E-state index contributed by atoms with van der Waals surface area (Å²) in [6, 6.07) is 8.05. The Kier molecular flexibility index (Phi) is 4.10. The molecule has 8 heteroatoms. The molecule has 118 valence electrons. The quantitative estimate of drug-likeness (QED) is 0.534. The van der Waals surface area contributed by atoms with Crippen molar-refractivity contribution in [2.45, 2.75) is 6.04 Å². The predicted octanol–water partition coefficient (Wildman–Crippen LogP) is 1.26. The summed E-state index contributed by atoms with van der Waals surface area (Å²) in [6.07, 6.45) is 0. The molecule has 6 nitrogen and oxygen atoms in total. The van der Waals surface area contributed by atoms with Crippen molar-refractivity contribution in [3.8, 4) is 0 Å². The summed E-state index contributed by atoms with van der Waals surface area (Å²) in [7, 11) is 0. The molecule has 0 radical (unpaired) electrons. The van der Waals surface area contributed by atoms with Gasteiger partial charge in [0.2, 0.25) is 5.91 Å². The number of aromatic amines is 1. The number of nitrogens with one attached hydrogen (secondary N) is 2. The van der Waals surface area contributed by atoms with Crippen LogP contribution in [0.4, 0.5) is 0 Å². The van der Waals surface area contributed by atoms with Crippen molar-refractivity contribution in [1.29, 1.82) is 0 Å². The Morgan fingerprint density at radius 2 is 2.04 bits per heavy atom. The zero-order valence-corrected chi connectivity index (χ0v) is 13.5. The minimum Gasteiger partial charge on any atom is -0.368 e. The normalized spacial score (nSPS) is 12.4. The Morgan fingerprint density at radius 1 is 1.30 bits per heavy atom. The number of pyridine rings is 1. The molecule has 0 saturated heterocycles. The maximum absolute atomic E-state index is 12.3. The fourth-order valence-corrected chi connectivity index (χ4v) is 3.66. The molecule has 0 aliphatic rings. The summed E-state index contributed by atoms with van der Waals surface area (Å²) in [5.74, 6) is -1.000. The zero-order valence-electron chi connectivity index (χ0n) is 11.8. The second kappa shape index (κ2) is 6.05. The Hall–Kier alpha value is -2.32. The molecule has 1 unspecified atom stereocenters. The molecule has 3 aromatic rings. The average molecular weight is 347 g/mol. The standard InChI is InChI=1S/C15H13N3O3S2/c16-13(19)10(6-22)18-15(21)11-5-8-12(23-11)7-3-1-2-4-9(7)17-14(8)20/h1-5,10,22H,6H2,(H2,16,19)(H,17,20)(H,18,21). The topological polar surface area (TPSA) is 105 Å². The first-order valence-electron chi connectivity index (χ1n) is 6.77. The molecule has 0 saturated carbocycles. The fourth-order valence-electron chi connectivity index (χ4n) is 2.29. The number of fused-ring (bicyclic) bond motifs is 3. The highest BCUT2D eigenvalue weighted by atomic mass is 32.1. The van der Waals surface area contributed by atoms with Crippen LogP contribution in [0.5, 0.6) is 0 Å². The van der Waals surface area contributed by atoms with Gasteiger partial charge in [-0.15, -0.1) is 11.3 Å². The smallest absolute Gasteiger partial charge is 0.262 e. The van der Waals surface area contributed by atoms with Crippen molar-refractivity contribution in [2.24, 2.45) is 5.73 Å². The molecule has 0 bridgehead atoms. The first-order valence-corrected chi connectivity index (χ1v) is 8.21. The molecule has 1 aromatic carbocycles. The third kappa shape index (κ3) is 2.82. The van der Waals surface area contributed by atoms with Gasteiger partial charge in [0, 0.05) is 21.4 Å². The van der Waals surface area contributed by atoms with Crippen molar-refractivity contribution < 1.29 is 9.59 Å². The van der Waals surface area contributed by atoms with Gasteiger partial charge in [-0.25, -0.2) is 0 Å². The van der Waals surface area contributed by atoms with Gasteiger partial charge >= 0.3 is 0 Å². The van der Waals surface area contributed by atoms with E-state index in [1.807, 2.05) is 18.2 Å². The van der Waals surface area contributed by atoms with Crippen LogP contribution in [0.1, 0.15) is 9.67 Å². The molecule has 2 amide bonds. The van der Waals surface area contributed by atoms with E-state index in [0.29, 0.717) is 15.8 Å². The Morgan fingerprint density at radius 3 is 2.74 bits per heavy atom. The molecule has 23 heavy (non-hydrogen) atoms. The minimum atomic E-state index is -0.855. The molecule has 0 aliphatic heterocycles. The van der Waals surface area contributed by atoms with Gasteiger partial charge < -0.3 is 16.0 Å². The molecule has 0 aliphatic carbocycles. The van der Waals surface area contributed by atoms with E-state index in [1.54, 1.807) is 6.07 Å². The van der Waals surface area contributed by atoms with Gasteiger partial charge in [-0.2, -0.15) is 12.6 Å². The van der Waals surface area contributed by atoms with Crippen molar-refractivity contribution in [3.05, 3.63) is 45.6 Å². The molecule has 2 aromatic heterocycles. The van der Waals surface area contributed by atoms with E-state index >= 15 is 0 Å². The lowest BCUT2D eigenvalue weighted by Gasteiger charge is -2.11. The maximum atomic E-state index is 12.3. The highest BCUT2D eigenvalue weighted by molar-refractivity contribution is 7.80. The number of rotatable bonds is 4. The van der Waals surface area contributed by atoms with Crippen LogP contribution >= 0.6 is 24.0 Å². The predicted molar refractivity (Wildman–Crippen MR) is 94.3 cm³/mol. The number of carbonyl (C=O) groups excluding carboxylic acids is 2. The van der Waals surface area contributed by atoms with Crippen LogP contribution in [0.2, 0.25) is 0 Å². The van der Waals surface area contributed by atoms with E-state index < -0.39 is 17.9 Å². The number of para-hydroxylation sites is 1. The van der Waals surface area contributed by atoms with Gasteiger partial charge in [-0.3, -0.25) is 14.4 Å². The Labute approximate surface area is 140 Å². The number of carbonyl (C=O) groups is 2. The molecular weight excluding hydrogens is 334 g/mol. The number of H-pyrrole nitrogens is 1. The number of thiol groups is 1. The third-order valence-corrected chi connectivity index (χ3v) is 4.98. The van der Waals surface area contributed by atoms with E-state index in [1.165, 1.54) is 17.4 Å². The summed E-state index contributed by atoms with van der Waals surface area (Å²) in [6.45, 7) is 0. The number of hydrogen-bond donors (Lipinski definition) is 4. The van der Waals surface area contributed by atoms with Crippen molar-refractivity contribution >= 4 is 56.8 Å². The number of nitrogens with two attached hydrogens (primary N) is 1. The summed E-state index contributed by atoms with van der Waals surface area (Å²) in [5, 5.41) is 3.83. The molecule has 4 N–H and O–H groups in total. The van der Waals surface area contributed by atoms with E-state index in [0.717, 1.165) is 10.1 Å². The van der Waals surface area contributed by atoms with E-state index in [2.05, 4.69) is 22.9 Å². The van der Waals surface area contributed by atoms with Gasteiger partial charge in [-0.05, 0) is 12.1 Å². The number of aromatic nitrogens is 1. The first kappa shape index (κ1) is 15.6. The lowest BCUT2D eigenvalue weighted by atomic mass is 10.2. The summed E-state index contributed by atoms with van der Waals surface area (Å²) >= 11 is 5.19. The molecule has 1 atom stereocenters. The number of primary amides is 1. The number of benzene rings is 1. The second-order valence-electron chi connectivity index (χ2n) is 4.96. The number of hydrogen-bond acceptors (Lipinski definition) is 5. The highest BCUT2D eigenvalue weighted by Crippen LogP contribution is 2.29. The van der Waals surface area contributed by atoms with Crippen LogP contribution in [0.25, 0.3) is 21.0 Å². The summed E-state index contributed by atoms with van der Waals surface area (Å²) in [4.78, 5) is 38.8. The summed E-state index contributed by atoms with van der Waals surface area (Å²) < 4.78 is 0.732.